The molecule has 0 saturated carbocycles. The summed E-state index contributed by atoms with van der Waals surface area (Å²) in [7, 11) is 1.52. The molecule has 1 saturated heterocycles. The molecular weight excluding hydrogens is 360 g/mol. The molecule has 2 aromatic carbocycles. The maximum Gasteiger partial charge on any atom is 0.261 e. The summed E-state index contributed by atoms with van der Waals surface area (Å²) in [5.74, 6) is -0.578. The van der Waals surface area contributed by atoms with E-state index < -0.39 is 0 Å². The van der Waals surface area contributed by atoms with Gasteiger partial charge in [-0.05, 0) is 43.2 Å². The van der Waals surface area contributed by atoms with Crippen LogP contribution in [0.1, 0.15) is 43.9 Å². The van der Waals surface area contributed by atoms with Gasteiger partial charge in [-0.2, -0.15) is 0 Å². The third-order valence-corrected chi connectivity index (χ3v) is 5.00. The first-order valence-corrected chi connectivity index (χ1v) is 9.14. The number of nitrogens with one attached hydrogen (secondary N) is 1. The fourth-order valence-electron chi connectivity index (χ4n) is 3.53. The second kappa shape index (κ2) is 7.44. The van der Waals surface area contributed by atoms with Gasteiger partial charge in [-0.1, -0.05) is 12.1 Å². The number of benzene rings is 2. The van der Waals surface area contributed by atoms with E-state index in [-0.39, 0.29) is 35.9 Å². The highest BCUT2D eigenvalue weighted by atomic mass is 16.5. The van der Waals surface area contributed by atoms with Crippen molar-refractivity contribution in [3.63, 3.8) is 0 Å². The first-order valence-electron chi connectivity index (χ1n) is 9.14. The average Bonchev–Trinajstić information content (AvgIpc) is 3.31. The molecule has 144 valence electrons. The van der Waals surface area contributed by atoms with Crippen molar-refractivity contribution in [1.29, 1.82) is 0 Å². The largest absolute Gasteiger partial charge is 0.495 e. The number of carbonyl (C=O) groups is 3. The first kappa shape index (κ1) is 18.2. The summed E-state index contributed by atoms with van der Waals surface area (Å²) >= 11 is 0. The molecule has 7 nitrogen and oxygen atoms in total. The van der Waals surface area contributed by atoms with E-state index in [4.69, 9.17) is 9.47 Å². The van der Waals surface area contributed by atoms with Crippen molar-refractivity contribution in [2.75, 3.05) is 25.6 Å². The number of anilines is 1. The Hall–Kier alpha value is -3.19. The van der Waals surface area contributed by atoms with Crippen LogP contribution < -0.4 is 10.1 Å². The van der Waals surface area contributed by atoms with Crippen molar-refractivity contribution >= 4 is 23.4 Å². The Morgan fingerprint density at radius 3 is 2.71 bits per heavy atom. The zero-order chi connectivity index (χ0) is 19.7. The van der Waals surface area contributed by atoms with Crippen LogP contribution in [0.5, 0.6) is 5.75 Å². The minimum Gasteiger partial charge on any atom is -0.495 e. The molecule has 0 bridgehead atoms. The molecule has 4 rings (SSSR count). The smallest absolute Gasteiger partial charge is 0.261 e. The topological polar surface area (TPSA) is 84.9 Å². The standard InChI is InChI=1S/C21H20N2O5/c1-27-18-7-3-2-6-17(18)22-19(24)13-8-9-15-16(11-13)21(26)23(20(15)25)12-14-5-4-10-28-14/h2-3,6-9,11,14H,4-5,10,12H2,1H3,(H,22,24). The van der Waals surface area contributed by atoms with E-state index >= 15 is 0 Å². The average molecular weight is 380 g/mol. The van der Waals surface area contributed by atoms with E-state index in [2.05, 4.69) is 5.32 Å². The van der Waals surface area contributed by atoms with E-state index in [0.717, 1.165) is 12.8 Å². The van der Waals surface area contributed by atoms with E-state index in [1.54, 1.807) is 30.3 Å². The van der Waals surface area contributed by atoms with Crippen molar-refractivity contribution in [3.8, 4) is 5.75 Å². The molecule has 28 heavy (non-hydrogen) atoms. The molecule has 0 spiro atoms. The maximum absolute atomic E-state index is 12.7. The van der Waals surface area contributed by atoms with Crippen molar-refractivity contribution < 1.29 is 23.9 Å². The molecule has 0 radical (unpaired) electrons. The van der Waals surface area contributed by atoms with E-state index in [1.165, 1.54) is 24.1 Å². The van der Waals surface area contributed by atoms with Gasteiger partial charge in [-0.3, -0.25) is 19.3 Å². The molecule has 3 amide bonds. The second-order valence-electron chi connectivity index (χ2n) is 6.77. The molecule has 1 N–H and O–H groups in total. The van der Waals surface area contributed by atoms with Crippen LogP contribution >= 0.6 is 0 Å². The highest BCUT2D eigenvalue weighted by molar-refractivity contribution is 6.22. The predicted molar refractivity (Wildman–Crippen MR) is 102 cm³/mol. The van der Waals surface area contributed by atoms with Gasteiger partial charge in [0.25, 0.3) is 17.7 Å². The van der Waals surface area contributed by atoms with Gasteiger partial charge in [-0.25, -0.2) is 0 Å². The predicted octanol–water partition coefficient (Wildman–Crippen LogP) is 2.72. The molecule has 0 aliphatic carbocycles. The lowest BCUT2D eigenvalue weighted by atomic mass is 10.1. The number of rotatable bonds is 5. The highest BCUT2D eigenvalue weighted by Crippen LogP contribution is 2.27. The monoisotopic (exact) mass is 380 g/mol. The fraction of sp³-hybridized carbons (Fsp3) is 0.286. The zero-order valence-electron chi connectivity index (χ0n) is 15.4. The quantitative estimate of drug-likeness (QED) is 0.807. The van der Waals surface area contributed by atoms with Gasteiger partial charge in [0.1, 0.15) is 5.75 Å². The number of carbonyl (C=O) groups excluding carboxylic acids is 3. The van der Waals surface area contributed by atoms with Crippen LogP contribution in [0.25, 0.3) is 0 Å². The molecule has 2 aliphatic heterocycles. The molecule has 2 aromatic rings. The Bertz CT molecular complexity index is 950. The molecule has 1 unspecified atom stereocenters. The van der Waals surface area contributed by atoms with Gasteiger partial charge in [0.15, 0.2) is 0 Å². The van der Waals surface area contributed by atoms with Gasteiger partial charge in [0, 0.05) is 12.2 Å². The molecule has 1 fully saturated rings. The number of methoxy groups -OCH3 is 1. The van der Waals surface area contributed by atoms with E-state index in [0.29, 0.717) is 29.2 Å². The van der Waals surface area contributed by atoms with Crippen LogP contribution in [0.15, 0.2) is 42.5 Å². The maximum atomic E-state index is 12.7. The Morgan fingerprint density at radius 2 is 1.96 bits per heavy atom. The lowest BCUT2D eigenvalue weighted by Crippen LogP contribution is -2.36. The zero-order valence-corrected chi connectivity index (χ0v) is 15.4. The summed E-state index contributed by atoms with van der Waals surface area (Å²) in [6.45, 7) is 0.899. The number of para-hydroxylation sites is 2. The van der Waals surface area contributed by atoms with Crippen molar-refractivity contribution in [3.05, 3.63) is 59.2 Å². The summed E-state index contributed by atoms with van der Waals surface area (Å²) in [6, 6.07) is 11.6. The van der Waals surface area contributed by atoms with Gasteiger partial charge < -0.3 is 14.8 Å². The minimum absolute atomic E-state index is 0.115. The highest BCUT2D eigenvalue weighted by Gasteiger charge is 2.37. The number of amides is 3. The molecule has 0 aromatic heterocycles. The molecule has 1 atom stereocenters. The number of ether oxygens (including phenoxy) is 2. The fourth-order valence-corrected chi connectivity index (χ4v) is 3.53. The third-order valence-electron chi connectivity index (χ3n) is 5.00. The summed E-state index contributed by atoms with van der Waals surface area (Å²) in [5.41, 5.74) is 1.38. The van der Waals surface area contributed by atoms with Crippen molar-refractivity contribution in [2.45, 2.75) is 18.9 Å². The Morgan fingerprint density at radius 1 is 1.18 bits per heavy atom. The van der Waals surface area contributed by atoms with Gasteiger partial charge >= 0.3 is 0 Å². The SMILES string of the molecule is COc1ccccc1NC(=O)c1ccc2c(c1)C(=O)N(CC1CCCO1)C2=O. The van der Waals surface area contributed by atoms with Crippen LogP contribution in [0.2, 0.25) is 0 Å². The van der Waals surface area contributed by atoms with Crippen molar-refractivity contribution in [2.24, 2.45) is 0 Å². The number of imide groups is 1. The summed E-state index contributed by atoms with van der Waals surface area (Å²) in [6.07, 6.45) is 1.65. The van der Waals surface area contributed by atoms with Crippen LogP contribution in [-0.2, 0) is 4.74 Å². The Labute approximate surface area is 162 Å². The van der Waals surface area contributed by atoms with Crippen LogP contribution in [0.4, 0.5) is 5.69 Å². The van der Waals surface area contributed by atoms with E-state index in [1.807, 2.05) is 0 Å². The first-order chi connectivity index (χ1) is 13.6. The van der Waals surface area contributed by atoms with Crippen molar-refractivity contribution in [1.82, 2.24) is 4.90 Å². The lowest BCUT2D eigenvalue weighted by molar-refractivity contribution is 0.0475. The Kier molecular flexibility index (Phi) is 4.83. The summed E-state index contributed by atoms with van der Waals surface area (Å²) < 4.78 is 10.8. The van der Waals surface area contributed by atoms with Gasteiger partial charge in [0.2, 0.25) is 0 Å². The number of hydrogen-bond donors (Lipinski definition) is 1. The normalized spacial score (nSPS) is 18.3. The lowest BCUT2D eigenvalue weighted by Gasteiger charge is -2.17. The number of fused-ring (bicyclic) bond motifs is 1. The van der Waals surface area contributed by atoms with Crippen LogP contribution in [-0.4, -0.2) is 49.0 Å². The van der Waals surface area contributed by atoms with Gasteiger partial charge in [0.05, 0.1) is 36.6 Å². The van der Waals surface area contributed by atoms with Gasteiger partial charge in [-0.15, -0.1) is 0 Å². The second-order valence-corrected chi connectivity index (χ2v) is 6.77. The summed E-state index contributed by atoms with van der Waals surface area (Å²) in [5, 5.41) is 2.77. The molecule has 2 heterocycles. The van der Waals surface area contributed by atoms with Crippen LogP contribution in [0, 0.1) is 0 Å². The molecule has 2 aliphatic rings. The number of nitrogens with zero attached hydrogens (tertiary/aromatic N) is 1. The van der Waals surface area contributed by atoms with Crippen LogP contribution in [0.3, 0.4) is 0 Å². The van der Waals surface area contributed by atoms with E-state index in [9.17, 15) is 14.4 Å². The number of hydrogen-bond acceptors (Lipinski definition) is 5. The summed E-state index contributed by atoms with van der Waals surface area (Å²) in [4.78, 5) is 39.2. The molecular formula is C21H20N2O5. The molecule has 7 heteroatoms. The minimum atomic E-state index is -0.387. The third kappa shape index (κ3) is 3.25. The Balaban J connectivity index is 1.55.